The first-order valence-electron chi connectivity index (χ1n) is 11.3. The molecule has 166 valence electrons. The van der Waals surface area contributed by atoms with E-state index in [0.29, 0.717) is 49.4 Å². The summed E-state index contributed by atoms with van der Waals surface area (Å²) in [7, 11) is 0. The summed E-state index contributed by atoms with van der Waals surface area (Å²) < 4.78 is 26.3. The first-order valence-corrected chi connectivity index (χ1v) is 12.4. The SMILES string of the molecule is Cc1nc2n(c(=O)c1CCN1CCC(c3noc4cc(F)ccc34)CC1)CCCC2[O][Y]. The summed E-state index contributed by atoms with van der Waals surface area (Å²) in [5.41, 5.74) is 3.21. The van der Waals surface area contributed by atoms with Gasteiger partial charge >= 0.3 is 153 Å². The zero-order valence-corrected chi connectivity index (χ0v) is 21.1. The van der Waals surface area contributed by atoms with Crippen molar-refractivity contribution >= 4 is 11.0 Å². The number of hydrogen-bond donors (Lipinski definition) is 0. The van der Waals surface area contributed by atoms with Crippen molar-refractivity contribution in [1.29, 1.82) is 0 Å². The van der Waals surface area contributed by atoms with Gasteiger partial charge < -0.3 is 4.52 Å². The van der Waals surface area contributed by atoms with Gasteiger partial charge in [-0.15, -0.1) is 0 Å². The van der Waals surface area contributed by atoms with E-state index in [1.807, 2.05) is 11.5 Å². The predicted octanol–water partition coefficient (Wildman–Crippen LogP) is 3.57. The van der Waals surface area contributed by atoms with Gasteiger partial charge in [-0.25, -0.2) is 4.39 Å². The number of rotatable bonds is 5. The zero-order chi connectivity index (χ0) is 22.2. The Labute approximate surface area is 206 Å². The monoisotopic (exact) mass is 514 g/mol. The molecule has 7 nitrogen and oxygen atoms in total. The Balaban J connectivity index is 1.24. The quantitative estimate of drug-likeness (QED) is 0.519. The molecule has 1 aromatic carbocycles. The molecule has 4 heterocycles. The number of fused-ring (bicyclic) bond motifs is 2. The van der Waals surface area contributed by atoms with E-state index in [0.717, 1.165) is 80.0 Å². The number of nitrogens with zero attached hydrogens (tertiary/aromatic N) is 4. The number of halogens is 1. The molecule has 9 heteroatoms. The van der Waals surface area contributed by atoms with E-state index in [4.69, 9.17) is 11.6 Å². The molecule has 0 N–H and O–H groups in total. The van der Waals surface area contributed by atoms with E-state index >= 15 is 0 Å². The van der Waals surface area contributed by atoms with Crippen molar-refractivity contribution in [1.82, 2.24) is 19.6 Å². The molecule has 1 saturated heterocycles. The van der Waals surface area contributed by atoms with Gasteiger partial charge in [0, 0.05) is 11.5 Å². The molecule has 5 rings (SSSR count). The summed E-state index contributed by atoms with van der Waals surface area (Å²) >= 11 is 0.711. The molecule has 1 atom stereocenters. The standard InChI is InChI=1S/C23H26FN4O3.Y/c1-14-17(23(30)28-9-2-3-19(29)22(28)25-14)8-12-27-10-6-15(7-11-27)21-18-5-4-16(24)13-20(18)31-26-21;/h4-5,13,15,19H,2-3,6-12H2,1H3;/q-1;+1. The van der Waals surface area contributed by atoms with E-state index in [-0.39, 0.29) is 17.5 Å². The van der Waals surface area contributed by atoms with E-state index in [2.05, 4.69) is 10.1 Å². The topological polar surface area (TPSA) is 73.4 Å². The third-order valence-corrected chi connectivity index (χ3v) is 7.72. The molecule has 0 amide bonds. The van der Waals surface area contributed by atoms with Crippen molar-refractivity contribution in [2.45, 2.75) is 57.6 Å². The van der Waals surface area contributed by atoms with Crippen LogP contribution in [0.25, 0.3) is 11.0 Å². The Bertz CT molecular complexity index is 1190. The van der Waals surface area contributed by atoms with Crippen LogP contribution in [-0.2, 0) is 46.5 Å². The van der Waals surface area contributed by atoms with Gasteiger partial charge in [-0.05, 0) is 12.1 Å². The minimum atomic E-state index is -0.308. The number of piperidine rings is 1. The van der Waals surface area contributed by atoms with Gasteiger partial charge in [-0.3, -0.25) is 0 Å². The summed E-state index contributed by atoms with van der Waals surface area (Å²) in [6.07, 6.45) is 4.52. The maximum absolute atomic E-state index is 13.4. The van der Waals surface area contributed by atoms with Crippen molar-refractivity contribution in [3.8, 4) is 0 Å². The average molecular weight is 514 g/mol. The van der Waals surface area contributed by atoms with Gasteiger partial charge in [0.05, 0.1) is 5.69 Å². The molecular weight excluding hydrogens is 488 g/mol. The van der Waals surface area contributed by atoms with E-state index in [1.54, 1.807) is 6.07 Å². The molecule has 0 bridgehead atoms. The molecule has 0 aliphatic carbocycles. The molecule has 2 aliphatic rings. The van der Waals surface area contributed by atoms with Gasteiger partial charge in [-0.2, -0.15) is 0 Å². The molecule has 2 aliphatic heterocycles. The average Bonchev–Trinajstić information content (AvgIpc) is 3.22. The second-order valence-electron chi connectivity index (χ2n) is 8.83. The van der Waals surface area contributed by atoms with E-state index in [1.165, 1.54) is 12.1 Å². The van der Waals surface area contributed by atoms with Crippen LogP contribution in [0.1, 0.15) is 60.5 Å². The first-order chi connectivity index (χ1) is 15.5. The summed E-state index contributed by atoms with van der Waals surface area (Å²) in [5.74, 6) is 0.804. The molecule has 3 aromatic rings. The van der Waals surface area contributed by atoms with Crippen LogP contribution in [0.2, 0.25) is 0 Å². The van der Waals surface area contributed by atoms with Crippen molar-refractivity contribution in [3.63, 3.8) is 0 Å². The van der Waals surface area contributed by atoms with Crippen molar-refractivity contribution in [2.24, 2.45) is 0 Å². The van der Waals surface area contributed by atoms with Crippen LogP contribution in [-0.4, -0.2) is 39.2 Å². The number of aryl methyl sites for hydroxylation is 1. The molecule has 0 saturated carbocycles. The Morgan fingerprint density at radius 1 is 1.25 bits per heavy atom. The van der Waals surface area contributed by atoms with Crippen LogP contribution in [0.15, 0.2) is 27.5 Å². The Morgan fingerprint density at radius 3 is 2.84 bits per heavy atom. The predicted molar refractivity (Wildman–Crippen MR) is 112 cm³/mol. The molecule has 2 aromatic heterocycles. The first kappa shape index (κ1) is 22.3. The fourth-order valence-electron chi connectivity index (χ4n) is 5.09. The van der Waals surface area contributed by atoms with Crippen LogP contribution in [0.4, 0.5) is 4.39 Å². The van der Waals surface area contributed by atoms with E-state index < -0.39 is 0 Å². The van der Waals surface area contributed by atoms with E-state index in [9.17, 15) is 9.18 Å². The van der Waals surface area contributed by atoms with Gasteiger partial charge in [0.15, 0.2) is 5.58 Å². The summed E-state index contributed by atoms with van der Waals surface area (Å²) in [6, 6.07) is 4.62. The fraction of sp³-hybridized carbons (Fsp3) is 0.522. The summed E-state index contributed by atoms with van der Waals surface area (Å²) in [6.45, 7) is 5.40. The molecule has 32 heavy (non-hydrogen) atoms. The Hall–Kier alpha value is -1.48. The number of likely N-dealkylation sites (tertiary alicyclic amines) is 1. The Kier molecular flexibility index (Phi) is 6.56. The molecule has 1 fully saturated rings. The fourth-order valence-corrected chi connectivity index (χ4v) is 5.72. The van der Waals surface area contributed by atoms with Crippen LogP contribution in [0.3, 0.4) is 0 Å². The maximum atomic E-state index is 13.4. The van der Waals surface area contributed by atoms with Crippen LogP contribution in [0.5, 0.6) is 0 Å². The van der Waals surface area contributed by atoms with Crippen LogP contribution in [0, 0.1) is 12.7 Å². The molecule has 0 radical (unpaired) electrons. The molecule has 0 spiro atoms. The van der Waals surface area contributed by atoms with Gasteiger partial charge in [0.1, 0.15) is 5.82 Å². The van der Waals surface area contributed by atoms with Crippen molar-refractivity contribution < 1.29 is 42.4 Å². The van der Waals surface area contributed by atoms with Crippen molar-refractivity contribution in [2.75, 3.05) is 19.6 Å². The van der Waals surface area contributed by atoms with Crippen LogP contribution >= 0.6 is 0 Å². The van der Waals surface area contributed by atoms with Gasteiger partial charge in [0.2, 0.25) is 0 Å². The van der Waals surface area contributed by atoms with Gasteiger partial charge in [0.25, 0.3) is 0 Å². The van der Waals surface area contributed by atoms with Crippen molar-refractivity contribution in [3.05, 3.63) is 57.1 Å². The second kappa shape index (κ2) is 9.41. The zero-order valence-electron chi connectivity index (χ0n) is 18.2. The molecule has 1 unspecified atom stereocenters. The Morgan fingerprint density at radius 2 is 2.06 bits per heavy atom. The third kappa shape index (κ3) is 4.22. The van der Waals surface area contributed by atoms with Gasteiger partial charge in [-0.1, -0.05) is 5.16 Å². The number of hydrogen-bond acceptors (Lipinski definition) is 6. The number of benzene rings is 1. The normalized spacial score (nSPS) is 20.0. The summed E-state index contributed by atoms with van der Waals surface area (Å²) in [4.78, 5) is 20.3. The summed E-state index contributed by atoms with van der Waals surface area (Å²) in [5, 5.41) is 5.14. The second-order valence-corrected chi connectivity index (χ2v) is 9.50. The number of aromatic nitrogens is 3. The minimum absolute atomic E-state index is 0.0327. The third-order valence-electron chi connectivity index (χ3n) is 6.91. The molecular formula is C23H26FN4O3Y. The van der Waals surface area contributed by atoms with Crippen LogP contribution < -0.4 is 5.56 Å².